The number of pyridine rings is 1. The summed E-state index contributed by atoms with van der Waals surface area (Å²) in [4.78, 5) is 14.2. The minimum Gasteiger partial charge on any atom is -0.465 e. The number of hydrogen-bond acceptors (Lipinski definition) is 4. The maximum atomic E-state index is 13.5. The predicted octanol–water partition coefficient (Wildman–Crippen LogP) is 2.69. The summed E-state index contributed by atoms with van der Waals surface area (Å²) in [7, 11) is 0. The van der Waals surface area contributed by atoms with Gasteiger partial charge in [0.25, 0.3) is 0 Å². The Bertz CT molecular complexity index is 602. The van der Waals surface area contributed by atoms with Crippen LogP contribution in [-0.2, 0) is 0 Å². The summed E-state index contributed by atoms with van der Waals surface area (Å²) < 4.78 is 18.9. The van der Waals surface area contributed by atoms with Crippen LogP contribution in [0, 0.1) is 5.82 Å². The molecule has 1 amide bonds. The van der Waals surface area contributed by atoms with Crippen molar-refractivity contribution in [2.75, 3.05) is 11.1 Å². The Balaban J connectivity index is 2.15. The Hall–Kier alpha value is -2.83. The molecule has 1 aromatic carbocycles. The van der Waals surface area contributed by atoms with Gasteiger partial charge in [0.15, 0.2) is 5.82 Å². The van der Waals surface area contributed by atoms with Crippen molar-refractivity contribution in [3.8, 4) is 11.5 Å². The number of ether oxygens (including phenoxy) is 1. The number of carboxylic acid groups (broad SMARTS) is 1. The van der Waals surface area contributed by atoms with Crippen molar-refractivity contribution < 1.29 is 19.0 Å². The highest BCUT2D eigenvalue weighted by Crippen LogP contribution is 2.25. The first-order valence-electron chi connectivity index (χ1n) is 5.23. The molecule has 0 spiro atoms. The molecule has 19 heavy (non-hydrogen) atoms. The van der Waals surface area contributed by atoms with Crippen LogP contribution in [0.15, 0.2) is 36.5 Å². The lowest BCUT2D eigenvalue weighted by molar-refractivity contribution is 0.209. The monoisotopic (exact) mass is 263 g/mol. The lowest BCUT2D eigenvalue weighted by Gasteiger charge is -2.07. The van der Waals surface area contributed by atoms with E-state index in [4.69, 9.17) is 15.6 Å². The van der Waals surface area contributed by atoms with Crippen molar-refractivity contribution >= 4 is 17.6 Å². The summed E-state index contributed by atoms with van der Waals surface area (Å²) in [5.41, 5.74) is 5.28. The third-order valence-corrected chi connectivity index (χ3v) is 2.18. The average Bonchev–Trinajstić information content (AvgIpc) is 2.35. The molecule has 0 saturated carbocycles. The number of nitrogens with one attached hydrogen (secondary N) is 1. The van der Waals surface area contributed by atoms with Crippen LogP contribution >= 0.6 is 0 Å². The summed E-state index contributed by atoms with van der Waals surface area (Å²) in [5, 5.41) is 10.4. The van der Waals surface area contributed by atoms with Crippen molar-refractivity contribution in [2.45, 2.75) is 0 Å². The van der Waals surface area contributed by atoms with E-state index in [-0.39, 0.29) is 11.4 Å². The van der Waals surface area contributed by atoms with Crippen molar-refractivity contribution in [1.29, 1.82) is 0 Å². The van der Waals surface area contributed by atoms with Gasteiger partial charge in [0, 0.05) is 6.07 Å². The minimum absolute atomic E-state index is 0.143. The fourth-order valence-corrected chi connectivity index (χ4v) is 1.36. The highest BCUT2D eigenvalue weighted by molar-refractivity contribution is 5.83. The zero-order valence-corrected chi connectivity index (χ0v) is 9.63. The maximum Gasteiger partial charge on any atom is 0.409 e. The van der Waals surface area contributed by atoms with Gasteiger partial charge < -0.3 is 15.6 Å². The van der Waals surface area contributed by atoms with E-state index in [0.717, 1.165) is 6.07 Å². The Morgan fingerprint density at radius 1 is 1.32 bits per heavy atom. The molecule has 1 aromatic heterocycles. The van der Waals surface area contributed by atoms with Gasteiger partial charge in [-0.2, -0.15) is 0 Å². The standard InChI is InChI=1S/C12H10FN3O3/c13-9-5-7(1-3-10(9)16-12(17)18)19-8-2-4-11(14)15-6-8/h1-6,16H,(H2,14,15)(H,17,18). The third-order valence-electron chi connectivity index (χ3n) is 2.18. The topological polar surface area (TPSA) is 97.5 Å². The summed E-state index contributed by atoms with van der Waals surface area (Å²) in [5.74, 6) is 0.232. The van der Waals surface area contributed by atoms with Gasteiger partial charge in [-0.25, -0.2) is 14.2 Å². The van der Waals surface area contributed by atoms with Crippen LogP contribution in [-0.4, -0.2) is 16.2 Å². The summed E-state index contributed by atoms with van der Waals surface area (Å²) in [6.45, 7) is 0. The van der Waals surface area contributed by atoms with Gasteiger partial charge in [0.1, 0.15) is 17.3 Å². The first kappa shape index (κ1) is 12.6. The fourth-order valence-electron chi connectivity index (χ4n) is 1.36. The molecular weight excluding hydrogens is 253 g/mol. The molecule has 0 aliphatic carbocycles. The van der Waals surface area contributed by atoms with Crippen LogP contribution in [0.4, 0.5) is 20.7 Å². The van der Waals surface area contributed by atoms with Gasteiger partial charge in [-0.15, -0.1) is 0 Å². The smallest absolute Gasteiger partial charge is 0.409 e. The zero-order chi connectivity index (χ0) is 13.8. The van der Waals surface area contributed by atoms with Crippen molar-refractivity contribution in [3.05, 3.63) is 42.3 Å². The summed E-state index contributed by atoms with van der Waals surface area (Å²) in [6.07, 6.45) is 0.0618. The van der Waals surface area contributed by atoms with Gasteiger partial charge in [0.2, 0.25) is 0 Å². The fraction of sp³-hybridized carbons (Fsp3) is 0. The second kappa shape index (κ2) is 5.21. The number of carbonyl (C=O) groups is 1. The van der Waals surface area contributed by atoms with E-state index >= 15 is 0 Å². The molecule has 0 atom stereocenters. The number of halogens is 1. The molecule has 98 valence electrons. The number of nitrogens with zero attached hydrogens (tertiary/aromatic N) is 1. The third kappa shape index (κ3) is 3.32. The van der Waals surface area contributed by atoms with E-state index in [1.165, 1.54) is 18.3 Å². The molecule has 7 heteroatoms. The minimum atomic E-state index is -1.34. The van der Waals surface area contributed by atoms with Crippen molar-refractivity contribution in [3.63, 3.8) is 0 Å². The molecule has 1 heterocycles. The van der Waals surface area contributed by atoms with Crippen LogP contribution in [0.2, 0.25) is 0 Å². The Kier molecular flexibility index (Phi) is 3.46. The van der Waals surface area contributed by atoms with E-state index in [0.29, 0.717) is 11.6 Å². The number of anilines is 2. The Morgan fingerprint density at radius 3 is 2.63 bits per heavy atom. The van der Waals surface area contributed by atoms with Gasteiger partial charge in [-0.05, 0) is 24.3 Å². The predicted molar refractivity (Wildman–Crippen MR) is 66.8 cm³/mol. The molecular formula is C12H10FN3O3. The van der Waals surface area contributed by atoms with Crippen LogP contribution in [0.25, 0.3) is 0 Å². The largest absolute Gasteiger partial charge is 0.465 e. The number of aromatic nitrogens is 1. The molecule has 4 N–H and O–H groups in total. The number of rotatable bonds is 3. The molecule has 0 radical (unpaired) electrons. The van der Waals surface area contributed by atoms with E-state index < -0.39 is 11.9 Å². The highest BCUT2D eigenvalue weighted by Gasteiger charge is 2.07. The van der Waals surface area contributed by atoms with E-state index in [9.17, 15) is 9.18 Å². The Morgan fingerprint density at radius 2 is 2.05 bits per heavy atom. The number of hydrogen-bond donors (Lipinski definition) is 3. The molecule has 0 aliphatic heterocycles. The molecule has 0 fully saturated rings. The van der Waals surface area contributed by atoms with Gasteiger partial charge in [-0.3, -0.25) is 5.32 Å². The maximum absolute atomic E-state index is 13.5. The van der Waals surface area contributed by atoms with Gasteiger partial charge in [-0.1, -0.05) is 0 Å². The molecule has 0 unspecified atom stereocenters. The second-order valence-corrected chi connectivity index (χ2v) is 3.59. The van der Waals surface area contributed by atoms with Crippen LogP contribution < -0.4 is 15.8 Å². The molecule has 0 saturated heterocycles. The number of amides is 1. The zero-order valence-electron chi connectivity index (χ0n) is 9.63. The molecule has 2 rings (SSSR count). The lowest BCUT2D eigenvalue weighted by atomic mass is 10.3. The van der Waals surface area contributed by atoms with Crippen LogP contribution in [0.3, 0.4) is 0 Å². The molecule has 6 nitrogen and oxygen atoms in total. The number of nitrogen functional groups attached to an aromatic ring is 1. The van der Waals surface area contributed by atoms with Gasteiger partial charge >= 0.3 is 6.09 Å². The SMILES string of the molecule is Nc1ccc(Oc2ccc(NC(=O)O)c(F)c2)cn1. The van der Waals surface area contributed by atoms with Gasteiger partial charge in [0.05, 0.1) is 11.9 Å². The normalized spacial score (nSPS) is 9.95. The highest BCUT2D eigenvalue weighted by atomic mass is 19.1. The second-order valence-electron chi connectivity index (χ2n) is 3.59. The summed E-state index contributed by atoms with van der Waals surface area (Å²) >= 11 is 0. The molecule has 2 aromatic rings. The molecule has 0 aliphatic rings. The van der Waals surface area contributed by atoms with Crippen molar-refractivity contribution in [1.82, 2.24) is 4.98 Å². The molecule has 0 bridgehead atoms. The van der Waals surface area contributed by atoms with E-state index in [1.54, 1.807) is 12.1 Å². The average molecular weight is 263 g/mol. The lowest BCUT2D eigenvalue weighted by Crippen LogP contribution is -2.08. The van der Waals surface area contributed by atoms with E-state index in [1.807, 2.05) is 5.32 Å². The van der Waals surface area contributed by atoms with Crippen LogP contribution in [0.1, 0.15) is 0 Å². The summed E-state index contributed by atoms with van der Waals surface area (Å²) in [6, 6.07) is 6.91. The quantitative estimate of drug-likeness (QED) is 0.790. The van der Waals surface area contributed by atoms with Crippen molar-refractivity contribution in [2.24, 2.45) is 0 Å². The van der Waals surface area contributed by atoms with Crippen LogP contribution in [0.5, 0.6) is 11.5 Å². The first-order chi connectivity index (χ1) is 9.04. The Labute approximate surface area is 107 Å². The first-order valence-corrected chi connectivity index (χ1v) is 5.23. The van der Waals surface area contributed by atoms with E-state index in [2.05, 4.69) is 4.98 Å². The number of benzene rings is 1. The number of nitrogens with two attached hydrogens (primary N) is 1.